The average Bonchev–Trinajstić information content (AvgIpc) is 3.13. The Balaban J connectivity index is 1.58. The largest absolute Gasteiger partial charge is 0.481 e. The first-order valence-electron chi connectivity index (χ1n) is 8.04. The van der Waals surface area contributed by atoms with Crippen molar-refractivity contribution >= 4 is 11.9 Å². The van der Waals surface area contributed by atoms with Crippen LogP contribution in [0.3, 0.4) is 0 Å². The Labute approximate surface area is 120 Å². The van der Waals surface area contributed by atoms with E-state index in [9.17, 15) is 14.7 Å². The number of fused-ring (bicyclic) bond motifs is 2. The summed E-state index contributed by atoms with van der Waals surface area (Å²) in [7, 11) is 1.87. The van der Waals surface area contributed by atoms with E-state index in [-0.39, 0.29) is 11.8 Å². The molecule has 0 aromatic heterocycles. The molecule has 0 heterocycles. The highest BCUT2D eigenvalue weighted by molar-refractivity contribution is 5.85. The summed E-state index contributed by atoms with van der Waals surface area (Å²) >= 11 is 0. The molecule has 0 saturated heterocycles. The van der Waals surface area contributed by atoms with E-state index in [2.05, 4.69) is 0 Å². The molecule has 4 heteroatoms. The second kappa shape index (κ2) is 5.38. The Kier molecular flexibility index (Phi) is 3.74. The Morgan fingerprint density at radius 1 is 1.10 bits per heavy atom. The van der Waals surface area contributed by atoms with Crippen LogP contribution in [0.2, 0.25) is 0 Å². The van der Waals surface area contributed by atoms with Gasteiger partial charge in [-0.3, -0.25) is 9.59 Å². The minimum Gasteiger partial charge on any atom is -0.481 e. The van der Waals surface area contributed by atoms with Crippen molar-refractivity contribution in [2.75, 3.05) is 13.6 Å². The molecule has 0 radical (unpaired) electrons. The molecule has 0 aromatic rings. The first-order valence-corrected chi connectivity index (χ1v) is 8.04. The summed E-state index contributed by atoms with van der Waals surface area (Å²) in [6.45, 7) is 0.836. The Hall–Kier alpha value is -1.06. The van der Waals surface area contributed by atoms with E-state index >= 15 is 0 Å². The Morgan fingerprint density at radius 2 is 1.85 bits per heavy atom. The zero-order valence-corrected chi connectivity index (χ0v) is 12.3. The van der Waals surface area contributed by atoms with Gasteiger partial charge in [0.05, 0.1) is 11.8 Å². The van der Waals surface area contributed by atoms with Crippen molar-refractivity contribution in [2.45, 2.75) is 44.9 Å². The van der Waals surface area contributed by atoms with Gasteiger partial charge in [0.1, 0.15) is 0 Å². The molecule has 20 heavy (non-hydrogen) atoms. The van der Waals surface area contributed by atoms with E-state index in [0.717, 1.165) is 31.2 Å². The number of hydrogen-bond acceptors (Lipinski definition) is 2. The van der Waals surface area contributed by atoms with Gasteiger partial charge in [-0.05, 0) is 49.9 Å². The van der Waals surface area contributed by atoms with Crippen molar-refractivity contribution < 1.29 is 14.7 Å². The first kappa shape index (κ1) is 13.9. The first-order chi connectivity index (χ1) is 9.56. The molecule has 1 N–H and O–H groups in total. The van der Waals surface area contributed by atoms with Crippen LogP contribution in [0.1, 0.15) is 44.9 Å². The predicted octanol–water partition coefficient (Wildman–Crippen LogP) is 2.38. The number of carboxylic acids is 1. The maximum Gasteiger partial charge on any atom is 0.307 e. The van der Waals surface area contributed by atoms with Crippen LogP contribution < -0.4 is 0 Å². The molecule has 1 amide bonds. The number of aliphatic carboxylic acids is 1. The van der Waals surface area contributed by atoms with Crippen LogP contribution in [-0.2, 0) is 9.59 Å². The molecular weight excluding hydrogens is 254 g/mol. The minimum absolute atomic E-state index is 0.0673. The summed E-state index contributed by atoms with van der Waals surface area (Å²) in [4.78, 5) is 25.6. The molecule has 3 rings (SSSR count). The van der Waals surface area contributed by atoms with Gasteiger partial charge in [-0.1, -0.05) is 12.8 Å². The smallest absolute Gasteiger partial charge is 0.307 e. The van der Waals surface area contributed by atoms with E-state index in [0.29, 0.717) is 12.3 Å². The van der Waals surface area contributed by atoms with E-state index < -0.39 is 11.9 Å². The second-order valence-corrected chi connectivity index (χ2v) is 7.14. The van der Waals surface area contributed by atoms with E-state index in [1.165, 1.54) is 25.7 Å². The molecule has 0 aliphatic heterocycles. The minimum atomic E-state index is -0.797. The zero-order valence-electron chi connectivity index (χ0n) is 12.3. The van der Waals surface area contributed by atoms with Crippen LogP contribution in [-0.4, -0.2) is 35.5 Å². The normalized spacial score (nSPS) is 39.1. The summed E-state index contributed by atoms with van der Waals surface area (Å²) < 4.78 is 0. The van der Waals surface area contributed by atoms with Crippen LogP contribution in [0.5, 0.6) is 0 Å². The maximum absolute atomic E-state index is 12.5. The lowest BCUT2D eigenvalue weighted by molar-refractivity contribution is -0.148. The van der Waals surface area contributed by atoms with Gasteiger partial charge in [0.15, 0.2) is 0 Å². The van der Waals surface area contributed by atoms with Gasteiger partial charge >= 0.3 is 5.97 Å². The van der Waals surface area contributed by atoms with Gasteiger partial charge in [-0.15, -0.1) is 0 Å². The monoisotopic (exact) mass is 279 g/mol. The Morgan fingerprint density at radius 3 is 2.45 bits per heavy atom. The number of nitrogens with zero attached hydrogens (tertiary/aromatic N) is 1. The van der Waals surface area contributed by atoms with Crippen LogP contribution in [0.25, 0.3) is 0 Å². The number of carboxylic acid groups (broad SMARTS) is 1. The maximum atomic E-state index is 12.5. The second-order valence-electron chi connectivity index (χ2n) is 7.14. The van der Waals surface area contributed by atoms with Crippen molar-refractivity contribution in [2.24, 2.45) is 29.6 Å². The Bertz CT molecular complexity index is 409. The molecule has 3 saturated carbocycles. The van der Waals surface area contributed by atoms with Crippen LogP contribution in [0.15, 0.2) is 0 Å². The highest BCUT2D eigenvalue weighted by Crippen LogP contribution is 2.48. The SMILES string of the molecule is CN(CC1CC2CCC1C2)C(=O)C1CCCC1C(=O)O. The lowest BCUT2D eigenvalue weighted by Crippen LogP contribution is -2.40. The van der Waals surface area contributed by atoms with Crippen molar-refractivity contribution in [1.29, 1.82) is 0 Å². The van der Waals surface area contributed by atoms with Gasteiger partial charge in [-0.2, -0.15) is 0 Å². The average molecular weight is 279 g/mol. The van der Waals surface area contributed by atoms with Crippen molar-refractivity contribution in [3.8, 4) is 0 Å². The number of rotatable bonds is 4. The summed E-state index contributed by atoms with van der Waals surface area (Å²) in [5.74, 6) is 0.904. The third-order valence-electron chi connectivity index (χ3n) is 5.92. The zero-order chi connectivity index (χ0) is 14.3. The quantitative estimate of drug-likeness (QED) is 0.859. The molecule has 3 aliphatic rings. The van der Waals surface area contributed by atoms with Crippen LogP contribution >= 0.6 is 0 Å². The molecule has 3 fully saturated rings. The topological polar surface area (TPSA) is 57.6 Å². The molecule has 112 valence electrons. The van der Waals surface area contributed by atoms with Crippen molar-refractivity contribution in [1.82, 2.24) is 4.90 Å². The van der Waals surface area contributed by atoms with Gasteiger partial charge in [0.2, 0.25) is 5.91 Å². The molecule has 4 nitrogen and oxygen atoms in total. The molecular formula is C16H25NO3. The highest BCUT2D eigenvalue weighted by Gasteiger charge is 2.42. The van der Waals surface area contributed by atoms with Crippen LogP contribution in [0, 0.1) is 29.6 Å². The molecule has 0 aromatic carbocycles. The lowest BCUT2D eigenvalue weighted by atomic mass is 9.88. The number of carbonyl (C=O) groups excluding carboxylic acids is 1. The van der Waals surface area contributed by atoms with E-state index in [1.54, 1.807) is 0 Å². The van der Waals surface area contributed by atoms with E-state index in [1.807, 2.05) is 11.9 Å². The fourth-order valence-corrected chi connectivity index (χ4v) is 4.88. The van der Waals surface area contributed by atoms with E-state index in [4.69, 9.17) is 0 Å². The van der Waals surface area contributed by atoms with Gasteiger partial charge in [0.25, 0.3) is 0 Å². The number of amides is 1. The molecule has 0 spiro atoms. The molecule has 5 atom stereocenters. The third-order valence-corrected chi connectivity index (χ3v) is 5.92. The standard InChI is InChI=1S/C16H25NO3/c1-17(9-12-8-10-5-6-11(12)7-10)15(18)13-3-2-4-14(13)16(19)20/h10-14H,2-9H2,1H3,(H,19,20). The lowest BCUT2D eigenvalue weighted by Gasteiger charge is -2.29. The van der Waals surface area contributed by atoms with Gasteiger partial charge < -0.3 is 10.0 Å². The fraction of sp³-hybridized carbons (Fsp3) is 0.875. The molecule has 3 aliphatic carbocycles. The summed E-state index contributed by atoms with van der Waals surface area (Å²) in [5.41, 5.74) is 0. The fourth-order valence-electron chi connectivity index (χ4n) is 4.88. The predicted molar refractivity (Wildman–Crippen MR) is 75.0 cm³/mol. The number of carbonyl (C=O) groups is 2. The summed E-state index contributed by atoms with van der Waals surface area (Å²) in [6.07, 6.45) is 7.62. The molecule has 2 bridgehead atoms. The van der Waals surface area contributed by atoms with Gasteiger partial charge in [0, 0.05) is 13.6 Å². The van der Waals surface area contributed by atoms with Crippen molar-refractivity contribution in [3.63, 3.8) is 0 Å². The van der Waals surface area contributed by atoms with Gasteiger partial charge in [-0.25, -0.2) is 0 Å². The van der Waals surface area contributed by atoms with Crippen LogP contribution in [0.4, 0.5) is 0 Å². The highest BCUT2D eigenvalue weighted by atomic mass is 16.4. The number of hydrogen-bond donors (Lipinski definition) is 1. The molecule has 5 unspecified atom stereocenters. The summed E-state index contributed by atoms with van der Waals surface area (Å²) in [5, 5.41) is 9.21. The van der Waals surface area contributed by atoms with Crippen molar-refractivity contribution in [3.05, 3.63) is 0 Å². The summed E-state index contributed by atoms with van der Waals surface area (Å²) in [6, 6.07) is 0. The third kappa shape index (κ3) is 2.45.